The molecule has 6 nitrogen and oxygen atoms in total. The van der Waals surface area contributed by atoms with Gasteiger partial charge in [0.2, 0.25) is 0 Å². The second-order valence-corrected chi connectivity index (χ2v) is 8.28. The predicted molar refractivity (Wildman–Crippen MR) is 121 cm³/mol. The Morgan fingerprint density at radius 2 is 2.03 bits per heavy atom. The monoisotopic (exact) mass is 435 g/mol. The van der Waals surface area contributed by atoms with E-state index in [1.165, 1.54) is 18.9 Å². The van der Waals surface area contributed by atoms with Crippen molar-refractivity contribution in [3.8, 4) is 5.75 Å². The Hall–Kier alpha value is -1.86. The highest BCUT2D eigenvalue weighted by Gasteiger charge is 2.24. The van der Waals surface area contributed by atoms with Crippen molar-refractivity contribution in [3.05, 3.63) is 30.1 Å². The van der Waals surface area contributed by atoms with Gasteiger partial charge in [-0.15, -0.1) is 0 Å². The topological polar surface area (TPSA) is 55.3 Å². The van der Waals surface area contributed by atoms with E-state index in [2.05, 4.69) is 17.1 Å². The molecule has 0 bridgehead atoms. The van der Waals surface area contributed by atoms with Crippen LogP contribution >= 0.6 is 0 Å². The Morgan fingerprint density at radius 3 is 2.71 bits per heavy atom. The van der Waals surface area contributed by atoms with Crippen LogP contribution in [0.15, 0.2) is 29.3 Å². The summed E-state index contributed by atoms with van der Waals surface area (Å²) in [5.41, 5.74) is 0. The summed E-state index contributed by atoms with van der Waals surface area (Å²) in [6, 6.07) is 6.53. The summed E-state index contributed by atoms with van der Waals surface area (Å²) in [6.07, 6.45) is 6.66. The van der Waals surface area contributed by atoms with E-state index in [-0.39, 0.29) is 29.9 Å². The lowest BCUT2D eigenvalue weighted by Crippen LogP contribution is -2.47. The molecule has 2 unspecified atom stereocenters. The van der Waals surface area contributed by atoms with Crippen LogP contribution in [0.2, 0.25) is 0 Å². The summed E-state index contributed by atoms with van der Waals surface area (Å²) in [6.45, 7) is 8.80. The zero-order valence-corrected chi connectivity index (χ0v) is 19.0. The van der Waals surface area contributed by atoms with E-state index >= 15 is 0 Å². The third kappa shape index (κ3) is 7.65. The molecule has 2 saturated heterocycles. The standard InChI is InChI=1S/C24H38FN3O3/c1-3-19(31-23-11-6-5-10-22(23)25)17-27-24(26-4-2)28-14-12-20(13-15-28)30-18-21-9-7-8-16-29-21/h5-6,10-11,19-21H,3-4,7-9,12-18H2,1-2H3,(H,26,27). The molecule has 2 fully saturated rings. The van der Waals surface area contributed by atoms with Crippen LogP contribution in [-0.2, 0) is 9.47 Å². The van der Waals surface area contributed by atoms with Gasteiger partial charge in [-0.05, 0) is 57.6 Å². The van der Waals surface area contributed by atoms with E-state index in [0.717, 1.165) is 57.9 Å². The molecule has 7 heteroatoms. The quantitative estimate of drug-likeness (QED) is 0.469. The van der Waals surface area contributed by atoms with Gasteiger partial charge in [0.25, 0.3) is 0 Å². The number of guanidine groups is 1. The minimum Gasteiger partial charge on any atom is -0.485 e. The average Bonchev–Trinajstić information content (AvgIpc) is 2.82. The van der Waals surface area contributed by atoms with E-state index in [4.69, 9.17) is 19.2 Å². The van der Waals surface area contributed by atoms with Crippen molar-refractivity contribution in [1.29, 1.82) is 0 Å². The van der Waals surface area contributed by atoms with Crippen LogP contribution in [0, 0.1) is 5.82 Å². The number of rotatable bonds is 9. The van der Waals surface area contributed by atoms with Crippen LogP contribution in [0.1, 0.15) is 52.4 Å². The maximum absolute atomic E-state index is 13.9. The molecule has 0 aliphatic carbocycles. The maximum atomic E-state index is 13.9. The molecule has 3 rings (SSSR count). The molecule has 0 amide bonds. The first-order chi connectivity index (χ1) is 15.2. The van der Waals surface area contributed by atoms with Crippen molar-refractivity contribution in [2.45, 2.75) is 70.7 Å². The summed E-state index contributed by atoms with van der Waals surface area (Å²) in [5.74, 6) is 0.846. The Kier molecular flexibility index (Phi) is 9.87. The fraction of sp³-hybridized carbons (Fsp3) is 0.708. The summed E-state index contributed by atoms with van der Waals surface area (Å²) in [7, 11) is 0. The number of hydrogen-bond acceptors (Lipinski definition) is 4. The van der Waals surface area contributed by atoms with Gasteiger partial charge in [0.15, 0.2) is 17.5 Å². The smallest absolute Gasteiger partial charge is 0.194 e. The molecule has 1 aromatic rings. The molecule has 31 heavy (non-hydrogen) atoms. The van der Waals surface area contributed by atoms with Gasteiger partial charge in [-0.3, -0.25) is 0 Å². The average molecular weight is 436 g/mol. The highest BCUT2D eigenvalue weighted by Crippen LogP contribution is 2.20. The zero-order valence-electron chi connectivity index (χ0n) is 19.0. The van der Waals surface area contributed by atoms with E-state index in [1.807, 2.05) is 6.92 Å². The minimum absolute atomic E-state index is 0.165. The third-order valence-corrected chi connectivity index (χ3v) is 5.90. The first kappa shape index (κ1) is 23.8. The number of hydrogen-bond donors (Lipinski definition) is 1. The van der Waals surface area contributed by atoms with Gasteiger partial charge < -0.3 is 24.4 Å². The molecule has 2 heterocycles. The molecule has 2 atom stereocenters. The van der Waals surface area contributed by atoms with Crippen molar-refractivity contribution in [2.24, 2.45) is 4.99 Å². The number of aliphatic imine (C=N–C) groups is 1. The van der Waals surface area contributed by atoms with Crippen molar-refractivity contribution in [3.63, 3.8) is 0 Å². The van der Waals surface area contributed by atoms with Gasteiger partial charge in [0.1, 0.15) is 6.10 Å². The normalized spacial score (nSPS) is 21.7. The molecule has 1 N–H and O–H groups in total. The minimum atomic E-state index is -0.336. The number of ether oxygens (including phenoxy) is 3. The fourth-order valence-electron chi connectivity index (χ4n) is 4.00. The van der Waals surface area contributed by atoms with Crippen LogP contribution in [0.3, 0.4) is 0 Å². The Morgan fingerprint density at radius 1 is 1.23 bits per heavy atom. The molecule has 2 aliphatic heterocycles. The number of likely N-dealkylation sites (tertiary alicyclic amines) is 1. The van der Waals surface area contributed by atoms with Gasteiger partial charge in [-0.2, -0.15) is 0 Å². The Balaban J connectivity index is 1.47. The predicted octanol–water partition coefficient (Wildman–Crippen LogP) is 4.00. The Labute approximate surface area is 186 Å². The van der Waals surface area contributed by atoms with Crippen LogP contribution in [-0.4, -0.2) is 68.6 Å². The number of nitrogens with zero attached hydrogens (tertiary/aromatic N) is 2. The van der Waals surface area contributed by atoms with E-state index in [1.54, 1.807) is 18.2 Å². The second kappa shape index (κ2) is 12.9. The second-order valence-electron chi connectivity index (χ2n) is 8.28. The molecule has 0 radical (unpaired) electrons. The molecule has 1 aromatic carbocycles. The molecule has 0 aromatic heterocycles. The van der Waals surface area contributed by atoms with Crippen LogP contribution in [0.5, 0.6) is 5.75 Å². The molecule has 0 saturated carbocycles. The van der Waals surface area contributed by atoms with Crippen molar-refractivity contribution in [1.82, 2.24) is 10.2 Å². The van der Waals surface area contributed by atoms with Gasteiger partial charge >= 0.3 is 0 Å². The summed E-state index contributed by atoms with van der Waals surface area (Å²) in [4.78, 5) is 7.09. The van der Waals surface area contributed by atoms with Crippen LogP contribution < -0.4 is 10.1 Å². The molecule has 2 aliphatic rings. The van der Waals surface area contributed by atoms with E-state index < -0.39 is 0 Å². The Bertz CT molecular complexity index is 674. The van der Waals surface area contributed by atoms with Gasteiger partial charge in [0.05, 0.1) is 25.4 Å². The summed E-state index contributed by atoms with van der Waals surface area (Å²) < 4.78 is 31.7. The first-order valence-electron chi connectivity index (χ1n) is 11.9. The fourth-order valence-corrected chi connectivity index (χ4v) is 4.00. The summed E-state index contributed by atoms with van der Waals surface area (Å²) >= 11 is 0. The zero-order chi connectivity index (χ0) is 21.9. The molecule has 174 valence electrons. The van der Waals surface area contributed by atoms with E-state index in [9.17, 15) is 4.39 Å². The largest absolute Gasteiger partial charge is 0.485 e. The highest BCUT2D eigenvalue weighted by atomic mass is 19.1. The summed E-state index contributed by atoms with van der Waals surface area (Å²) in [5, 5.41) is 3.39. The van der Waals surface area contributed by atoms with E-state index in [0.29, 0.717) is 13.2 Å². The highest BCUT2D eigenvalue weighted by molar-refractivity contribution is 5.80. The maximum Gasteiger partial charge on any atom is 0.194 e. The van der Waals surface area contributed by atoms with Crippen molar-refractivity contribution < 1.29 is 18.6 Å². The van der Waals surface area contributed by atoms with Crippen molar-refractivity contribution in [2.75, 3.05) is 39.4 Å². The number of benzene rings is 1. The van der Waals surface area contributed by atoms with Gasteiger partial charge in [-0.25, -0.2) is 9.38 Å². The first-order valence-corrected chi connectivity index (χ1v) is 11.9. The van der Waals surface area contributed by atoms with Crippen LogP contribution in [0.25, 0.3) is 0 Å². The molecule has 0 spiro atoms. The number of para-hydroxylation sites is 1. The van der Waals surface area contributed by atoms with Crippen LogP contribution in [0.4, 0.5) is 4.39 Å². The number of halogens is 1. The van der Waals surface area contributed by atoms with Gasteiger partial charge in [0, 0.05) is 26.2 Å². The lowest BCUT2D eigenvalue weighted by molar-refractivity contribution is -0.0721. The lowest BCUT2D eigenvalue weighted by atomic mass is 10.1. The van der Waals surface area contributed by atoms with Crippen molar-refractivity contribution >= 4 is 5.96 Å². The molecular weight excluding hydrogens is 397 g/mol. The number of piperidine rings is 1. The molecular formula is C24H38FN3O3. The van der Waals surface area contributed by atoms with Gasteiger partial charge in [-0.1, -0.05) is 19.1 Å². The lowest BCUT2D eigenvalue weighted by Gasteiger charge is -2.35. The SMILES string of the molecule is CCNC(=NCC(CC)Oc1ccccc1F)N1CCC(OCC2CCCCO2)CC1. The number of nitrogens with one attached hydrogen (secondary N) is 1. The third-order valence-electron chi connectivity index (χ3n) is 5.90.